The first kappa shape index (κ1) is 20.0. The highest BCUT2D eigenvalue weighted by Crippen LogP contribution is 2.42. The number of fused-ring (bicyclic) bond motifs is 1. The van der Waals surface area contributed by atoms with E-state index in [1.807, 2.05) is 25.2 Å². The van der Waals surface area contributed by atoms with Gasteiger partial charge in [-0.1, -0.05) is 74.2 Å². The van der Waals surface area contributed by atoms with Crippen molar-refractivity contribution in [3.05, 3.63) is 114 Å². The zero-order valence-electron chi connectivity index (χ0n) is 17.9. The highest BCUT2D eigenvalue weighted by atomic mass is 16.5. The van der Waals surface area contributed by atoms with E-state index in [0.717, 1.165) is 29.3 Å². The van der Waals surface area contributed by atoms with E-state index in [0.29, 0.717) is 0 Å². The third kappa shape index (κ3) is 3.64. The summed E-state index contributed by atoms with van der Waals surface area (Å²) in [5.41, 5.74) is 5.61. The molecule has 1 unspecified atom stereocenters. The lowest BCUT2D eigenvalue weighted by Gasteiger charge is -2.32. The quantitative estimate of drug-likeness (QED) is 0.597. The molecule has 2 N–H and O–H groups in total. The summed E-state index contributed by atoms with van der Waals surface area (Å²) in [7, 11) is 4.13. The van der Waals surface area contributed by atoms with Crippen LogP contribution in [-0.2, 0) is 11.8 Å². The lowest BCUT2D eigenvalue weighted by Crippen LogP contribution is -2.73. The van der Waals surface area contributed by atoms with Crippen molar-refractivity contribution in [2.24, 2.45) is 0 Å². The van der Waals surface area contributed by atoms with E-state index >= 15 is 0 Å². The predicted molar refractivity (Wildman–Crippen MR) is 124 cm³/mol. The molecule has 3 aromatic carbocycles. The Morgan fingerprint density at radius 1 is 1.00 bits per heavy atom. The van der Waals surface area contributed by atoms with E-state index in [9.17, 15) is 0 Å². The predicted octanol–water partition coefficient (Wildman–Crippen LogP) is 4.94. The van der Waals surface area contributed by atoms with Gasteiger partial charge in [-0.3, -0.25) is 0 Å². The van der Waals surface area contributed by atoms with Crippen molar-refractivity contribution in [1.82, 2.24) is 0 Å². The van der Waals surface area contributed by atoms with Gasteiger partial charge >= 0.3 is 0 Å². The van der Waals surface area contributed by atoms with Crippen LogP contribution in [0.4, 0.5) is 11.4 Å². The minimum atomic E-state index is -0.281. The molecule has 0 saturated carbocycles. The SMILES string of the molecule is C=C(/C=C1\Oc2ccccc2N1C)C(C)(Cc1ccccc1)c1ccccc1[NH2+]C. The topological polar surface area (TPSA) is 29.1 Å². The number of rotatable bonds is 6. The van der Waals surface area contributed by atoms with Crippen LogP contribution >= 0.6 is 0 Å². The Kier molecular flexibility index (Phi) is 5.47. The molecule has 0 aliphatic carbocycles. The molecule has 0 saturated heterocycles. The average molecular weight is 398 g/mol. The average Bonchev–Trinajstić information content (AvgIpc) is 3.09. The molecule has 152 valence electrons. The van der Waals surface area contributed by atoms with E-state index < -0.39 is 0 Å². The van der Waals surface area contributed by atoms with Crippen LogP contribution in [0, 0.1) is 0 Å². The molecule has 4 rings (SSSR count). The zero-order valence-corrected chi connectivity index (χ0v) is 17.9. The number of anilines is 1. The second kappa shape index (κ2) is 8.21. The second-order valence-electron chi connectivity index (χ2n) is 8.01. The maximum atomic E-state index is 6.15. The molecule has 0 spiro atoms. The van der Waals surface area contributed by atoms with Gasteiger partial charge in [-0.05, 0) is 35.8 Å². The molecule has 1 atom stereocenters. The Morgan fingerprint density at radius 2 is 1.67 bits per heavy atom. The molecule has 0 amide bonds. The van der Waals surface area contributed by atoms with E-state index in [4.69, 9.17) is 4.74 Å². The third-order valence-corrected chi connectivity index (χ3v) is 6.04. The Hall–Kier alpha value is -3.30. The normalized spacial score (nSPS) is 16.1. The minimum Gasteiger partial charge on any atom is -0.439 e. The van der Waals surface area contributed by atoms with Crippen LogP contribution in [0.1, 0.15) is 18.1 Å². The Bertz CT molecular complexity index is 1090. The number of hydrogen-bond acceptors (Lipinski definition) is 2. The molecule has 3 heteroatoms. The molecule has 30 heavy (non-hydrogen) atoms. The molecule has 0 radical (unpaired) electrons. The van der Waals surface area contributed by atoms with Gasteiger partial charge in [0.15, 0.2) is 5.75 Å². The monoisotopic (exact) mass is 397 g/mol. The summed E-state index contributed by atoms with van der Waals surface area (Å²) in [6.45, 7) is 6.82. The Morgan fingerprint density at radius 3 is 2.40 bits per heavy atom. The van der Waals surface area contributed by atoms with Crippen molar-refractivity contribution in [2.45, 2.75) is 18.8 Å². The number of quaternary nitrogens is 1. The first-order valence-electron chi connectivity index (χ1n) is 10.4. The number of benzene rings is 3. The molecule has 0 bridgehead atoms. The fourth-order valence-corrected chi connectivity index (χ4v) is 4.19. The first-order chi connectivity index (χ1) is 14.5. The van der Waals surface area contributed by atoms with E-state index in [2.05, 4.69) is 97.5 Å². The van der Waals surface area contributed by atoms with E-state index in [-0.39, 0.29) is 5.41 Å². The summed E-state index contributed by atoms with van der Waals surface area (Å²) >= 11 is 0. The fraction of sp³-hybridized carbons (Fsp3) is 0.185. The maximum Gasteiger partial charge on any atom is 0.200 e. The van der Waals surface area contributed by atoms with E-state index in [1.54, 1.807) is 0 Å². The van der Waals surface area contributed by atoms with Crippen molar-refractivity contribution < 1.29 is 10.1 Å². The molecule has 3 aromatic rings. The van der Waals surface area contributed by atoms with Gasteiger partial charge < -0.3 is 15.0 Å². The second-order valence-corrected chi connectivity index (χ2v) is 8.01. The van der Waals surface area contributed by atoms with Crippen LogP contribution < -0.4 is 15.0 Å². The van der Waals surface area contributed by atoms with Gasteiger partial charge in [-0.2, -0.15) is 0 Å². The van der Waals surface area contributed by atoms with Crippen LogP contribution in [0.25, 0.3) is 0 Å². The molecule has 1 heterocycles. The summed E-state index contributed by atoms with van der Waals surface area (Å²) in [6.07, 6.45) is 2.95. The van der Waals surface area contributed by atoms with Crippen LogP contribution in [0.2, 0.25) is 0 Å². The summed E-state index contributed by atoms with van der Waals surface area (Å²) in [5.74, 6) is 1.68. The molecule has 1 aliphatic rings. The summed E-state index contributed by atoms with van der Waals surface area (Å²) in [4.78, 5) is 2.08. The summed E-state index contributed by atoms with van der Waals surface area (Å²) in [5, 5.41) is 2.17. The van der Waals surface area contributed by atoms with Crippen molar-refractivity contribution in [3.8, 4) is 5.75 Å². The largest absolute Gasteiger partial charge is 0.439 e. The van der Waals surface area contributed by atoms with Gasteiger partial charge in [-0.15, -0.1) is 0 Å². The molecule has 3 nitrogen and oxygen atoms in total. The zero-order chi connectivity index (χ0) is 21.1. The lowest BCUT2D eigenvalue weighted by atomic mass is 9.71. The molecule has 0 aromatic heterocycles. The molecule has 1 aliphatic heterocycles. The standard InChI is InChI=1S/C27H28N2O/c1-20(18-26-29(4)24-16-10-11-17-25(24)30-26)27(2,19-21-12-6-5-7-13-21)22-14-8-9-15-23(22)28-3/h5-18,28H,1,19H2,2-4H3/p+1/b26-18-. The third-order valence-electron chi connectivity index (χ3n) is 6.04. The van der Waals surface area contributed by atoms with Gasteiger partial charge in [0.1, 0.15) is 5.69 Å². The van der Waals surface area contributed by atoms with Crippen molar-refractivity contribution >= 4 is 11.4 Å². The van der Waals surface area contributed by atoms with Gasteiger partial charge in [0.05, 0.1) is 12.7 Å². The number of nitrogens with two attached hydrogens (primary N) is 1. The highest BCUT2D eigenvalue weighted by Gasteiger charge is 2.34. The smallest absolute Gasteiger partial charge is 0.200 e. The van der Waals surface area contributed by atoms with Gasteiger partial charge in [0, 0.05) is 24.1 Å². The highest BCUT2D eigenvalue weighted by molar-refractivity contribution is 5.66. The van der Waals surface area contributed by atoms with Gasteiger partial charge in [-0.25, -0.2) is 0 Å². The minimum absolute atomic E-state index is 0.281. The summed E-state index contributed by atoms with van der Waals surface area (Å²) < 4.78 is 6.15. The van der Waals surface area contributed by atoms with Gasteiger partial charge in [0.2, 0.25) is 5.88 Å². The Balaban J connectivity index is 1.75. The van der Waals surface area contributed by atoms with Crippen molar-refractivity contribution in [2.75, 3.05) is 19.0 Å². The van der Waals surface area contributed by atoms with Crippen molar-refractivity contribution in [1.29, 1.82) is 0 Å². The van der Waals surface area contributed by atoms with Crippen LogP contribution in [0.5, 0.6) is 5.75 Å². The summed E-state index contributed by atoms with van der Waals surface area (Å²) in [6, 6.07) is 27.3. The lowest BCUT2D eigenvalue weighted by molar-refractivity contribution is -0.540. The van der Waals surface area contributed by atoms with Gasteiger partial charge in [0.25, 0.3) is 0 Å². The molecular weight excluding hydrogens is 368 g/mol. The fourth-order valence-electron chi connectivity index (χ4n) is 4.19. The number of allylic oxidation sites excluding steroid dienone is 2. The number of para-hydroxylation sites is 3. The maximum absolute atomic E-state index is 6.15. The van der Waals surface area contributed by atoms with E-state index in [1.165, 1.54) is 16.8 Å². The van der Waals surface area contributed by atoms with Crippen LogP contribution in [0.3, 0.4) is 0 Å². The number of nitrogens with zero attached hydrogens (tertiary/aromatic N) is 1. The first-order valence-corrected chi connectivity index (χ1v) is 10.4. The number of ether oxygens (including phenoxy) is 1. The van der Waals surface area contributed by atoms with Crippen LogP contribution in [0.15, 0.2) is 103 Å². The molecular formula is C27H29N2O+. The van der Waals surface area contributed by atoms with Crippen LogP contribution in [-0.4, -0.2) is 14.1 Å². The molecule has 0 fully saturated rings. The number of hydrogen-bond donors (Lipinski definition) is 1. The van der Waals surface area contributed by atoms with Crippen molar-refractivity contribution in [3.63, 3.8) is 0 Å². The Labute approximate surface area is 179 Å².